The third kappa shape index (κ3) is 3.84. The van der Waals surface area contributed by atoms with Crippen LogP contribution in [-0.4, -0.2) is 31.3 Å². The summed E-state index contributed by atoms with van der Waals surface area (Å²) in [6, 6.07) is 17.9. The van der Waals surface area contributed by atoms with Crippen LogP contribution in [0.3, 0.4) is 0 Å². The minimum absolute atomic E-state index is 0.213. The van der Waals surface area contributed by atoms with Gasteiger partial charge in [0.25, 0.3) is 0 Å². The summed E-state index contributed by atoms with van der Waals surface area (Å²) in [7, 11) is 0. The Balaban J connectivity index is 1.50. The van der Waals surface area contributed by atoms with Crippen LogP contribution in [0.5, 0.6) is 5.75 Å². The summed E-state index contributed by atoms with van der Waals surface area (Å²) in [5, 5.41) is 14.0. The smallest absolute Gasteiger partial charge is 0.153 e. The topological polar surface area (TPSA) is 98.6 Å². The molecule has 2 aromatic carbocycles. The van der Waals surface area contributed by atoms with Crippen molar-refractivity contribution in [3.8, 4) is 17.0 Å². The molecule has 0 aliphatic heterocycles. The molecule has 0 amide bonds. The fourth-order valence-corrected chi connectivity index (χ4v) is 4.39. The zero-order chi connectivity index (χ0) is 21.2. The first-order valence-corrected chi connectivity index (χ1v) is 10.6. The van der Waals surface area contributed by atoms with Gasteiger partial charge in [-0.3, -0.25) is 0 Å². The van der Waals surface area contributed by atoms with E-state index in [4.69, 9.17) is 15.5 Å². The number of imidazole rings is 1. The van der Waals surface area contributed by atoms with E-state index in [1.807, 2.05) is 59.1 Å². The normalized spacial score (nSPS) is 18.5. The Morgan fingerprint density at radius 3 is 2.77 bits per heavy atom. The van der Waals surface area contributed by atoms with E-state index in [-0.39, 0.29) is 12.5 Å². The molecule has 2 heterocycles. The lowest BCUT2D eigenvalue weighted by molar-refractivity contribution is 0.228. The molecule has 31 heavy (non-hydrogen) atoms. The largest absolute Gasteiger partial charge is 0.489 e. The van der Waals surface area contributed by atoms with Crippen molar-refractivity contribution in [2.75, 3.05) is 12.3 Å². The Labute approximate surface area is 180 Å². The van der Waals surface area contributed by atoms with Gasteiger partial charge in [-0.05, 0) is 42.9 Å². The number of rotatable bonds is 6. The number of aliphatic hydroxyl groups excluding tert-OH is 1. The van der Waals surface area contributed by atoms with Crippen LogP contribution < -0.4 is 10.5 Å². The third-order valence-corrected chi connectivity index (χ3v) is 6.01. The van der Waals surface area contributed by atoms with Crippen LogP contribution in [0.4, 0.5) is 5.82 Å². The molecule has 158 valence electrons. The number of fused-ring (bicyclic) bond motifs is 1. The highest BCUT2D eigenvalue weighted by atomic mass is 16.5. The van der Waals surface area contributed by atoms with Crippen molar-refractivity contribution in [2.45, 2.75) is 31.8 Å². The van der Waals surface area contributed by atoms with E-state index >= 15 is 0 Å². The van der Waals surface area contributed by atoms with E-state index in [2.05, 4.69) is 10.1 Å². The van der Waals surface area contributed by atoms with Gasteiger partial charge in [-0.2, -0.15) is 5.10 Å². The van der Waals surface area contributed by atoms with Crippen LogP contribution >= 0.6 is 0 Å². The monoisotopic (exact) mass is 415 g/mol. The van der Waals surface area contributed by atoms with Gasteiger partial charge in [0.15, 0.2) is 5.82 Å². The molecule has 2 atom stereocenters. The molecule has 4 aromatic rings. The molecule has 7 heteroatoms. The predicted octanol–water partition coefficient (Wildman–Crippen LogP) is 3.83. The number of hydrogen-bond acceptors (Lipinski definition) is 6. The van der Waals surface area contributed by atoms with Gasteiger partial charge < -0.3 is 15.6 Å². The van der Waals surface area contributed by atoms with Crippen LogP contribution in [-0.2, 0) is 6.61 Å². The summed E-state index contributed by atoms with van der Waals surface area (Å²) < 4.78 is 7.83. The Morgan fingerprint density at radius 2 is 1.97 bits per heavy atom. The molecule has 0 radical (unpaired) electrons. The molecule has 3 N–H and O–H groups in total. The summed E-state index contributed by atoms with van der Waals surface area (Å²) in [6.07, 6.45) is 4.34. The highest BCUT2D eigenvalue weighted by molar-refractivity contribution is 5.85. The summed E-state index contributed by atoms with van der Waals surface area (Å²) in [5.74, 6) is 2.60. The van der Waals surface area contributed by atoms with E-state index in [9.17, 15) is 5.11 Å². The molecule has 2 aromatic heterocycles. The number of aliphatic hydroxyl groups is 1. The van der Waals surface area contributed by atoms with E-state index in [0.717, 1.165) is 47.7 Å². The minimum atomic E-state index is 0.213. The highest BCUT2D eigenvalue weighted by Gasteiger charge is 2.30. The molecule has 1 saturated carbocycles. The molecule has 1 aliphatic rings. The Hall–Kier alpha value is -3.45. The average Bonchev–Trinajstić information content (AvgIpc) is 3.44. The quantitative estimate of drug-likeness (QED) is 0.497. The number of benzene rings is 2. The van der Waals surface area contributed by atoms with Crippen molar-refractivity contribution in [1.82, 2.24) is 19.6 Å². The second-order valence-corrected chi connectivity index (χ2v) is 8.08. The molecular formula is C24H25N5O2. The lowest BCUT2D eigenvalue weighted by Gasteiger charge is -2.08. The van der Waals surface area contributed by atoms with Crippen molar-refractivity contribution < 1.29 is 9.84 Å². The number of hydrogen-bond donors (Lipinski definition) is 2. The summed E-state index contributed by atoms with van der Waals surface area (Å²) >= 11 is 0. The van der Waals surface area contributed by atoms with Gasteiger partial charge in [-0.25, -0.2) is 14.5 Å². The summed E-state index contributed by atoms with van der Waals surface area (Å²) in [6.45, 7) is 0.708. The maximum atomic E-state index is 9.55. The number of ether oxygens (including phenoxy) is 1. The van der Waals surface area contributed by atoms with E-state index in [1.165, 1.54) is 6.33 Å². The minimum Gasteiger partial charge on any atom is -0.489 e. The molecule has 0 spiro atoms. The number of anilines is 1. The second-order valence-electron chi connectivity index (χ2n) is 8.08. The van der Waals surface area contributed by atoms with Crippen LogP contribution in [0.1, 0.15) is 36.6 Å². The second kappa shape index (κ2) is 8.35. The van der Waals surface area contributed by atoms with Crippen LogP contribution in [0, 0.1) is 5.92 Å². The zero-order valence-electron chi connectivity index (χ0n) is 17.2. The molecule has 2 unspecified atom stereocenters. The average molecular weight is 415 g/mol. The van der Waals surface area contributed by atoms with Gasteiger partial charge in [-0.15, -0.1) is 0 Å². The van der Waals surface area contributed by atoms with Crippen LogP contribution in [0.25, 0.3) is 16.8 Å². The third-order valence-electron chi connectivity index (χ3n) is 6.01. The number of aromatic nitrogens is 4. The summed E-state index contributed by atoms with van der Waals surface area (Å²) in [5.41, 5.74) is 9.74. The van der Waals surface area contributed by atoms with Gasteiger partial charge in [0.2, 0.25) is 0 Å². The molecule has 7 nitrogen and oxygen atoms in total. The predicted molar refractivity (Wildman–Crippen MR) is 119 cm³/mol. The molecular weight excluding hydrogens is 390 g/mol. The van der Waals surface area contributed by atoms with Gasteiger partial charge in [0.05, 0.1) is 0 Å². The Kier molecular flexibility index (Phi) is 5.26. The lowest BCUT2D eigenvalue weighted by Crippen LogP contribution is -2.06. The summed E-state index contributed by atoms with van der Waals surface area (Å²) in [4.78, 5) is 9.17. The molecule has 0 bridgehead atoms. The van der Waals surface area contributed by atoms with E-state index in [0.29, 0.717) is 23.9 Å². The van der Waals surface area contributed by atoms with Gasteiger partial charge in [0.1, 0.15) is 35.7 Å². The van der Waals surface area contributed by atoms with Crippen molar-refractivity contribution >= 4 is 11.3 Å². The van der Waals surface area contributed by atoms with Crippen LogP contribution in [0.2, 0.25) is 0 Å². The van der Waals surface area contributed by atoms with Gasteiger partial charge in [-0.1, -0.05) is 42.5 Å². The Morgan fingerprint density at radius 1 is 1.10 bits per heavy atom. The van der Waals surface area contributed by atoms with Gasteiger partial charge >= 0.3 is 0 Å². The first-order valence-electron chi connectivity index (χ1n) is 10.6. The van der Waals surface area contributed by atoms with Crippen molar-refractivity contribution in [1.29, 1.82) is 0 Å². The highest BCUT2D eigenvalue weighted by Crippen LogP contribution is 2.40. The van der Waals surface area contributed by atoms with Crippen molar-refractivity contribution in [3.05, 3.63) is 72.3 Å². The van der Waals surface area contributed by atoms with Gasteiger partial charge in [0, 0.05) is 18.1 Å². The first kappa shape index (κ1) is 19.5. The van der Waals surface area contributed by atoms with E-state index < -0.39 is 0 Å². The fraction of sp³-hybridized carbons (Fsp3) is 0.292. The molecule has 1 fully saturated rings. The van der Waals surface area contributed by atoms with Crippen LogP contribution in [0.15, 0.2) is 60.9 Å². The maximum absolute atomic E-state index is 9.55. The number of nitrogens with zero attached hydrogens (tertiary/aromatic N) is 4. The Bertz CT molecular complexity index is 1190. The zero-order valence-corrected chi connectivity index (χ0v) is 17.2. The number of nitrogen functional groups attached to an aromatic ring is 1. The molecule has 0 saturated heterocycles. The van der Waals surface area contributed by atoms with Crippen molar-refractivity contribution in [2.24, 2.45) is 5.92 Å². The SMILES string of the molecule is Nc1ncnn2c(C3CCC(CO)C3)nc(-c3cccc(OCc4ccccc4)c3)c12. The number of nitrogens with two attached hydrogens (primary N) is 1. The molecule has 1 aliphatic carbocycles. The first-order chi connectivity index (χ1) is 15.2. The van der Waals surface area contributed by atoms with E-state index in [1.54, 1.807) is 0 Å². The standard InChI is InChI=1S/C24H25N5O2/c25-23-22-21(18-7-4-8-20(12-18)31-14-16-5-2-1-3-6-16)28-24(29(22)27-15-26-23)19-10-9-17(11-19)13-30/h1-8,12,15,17,19,30H,9-11,13-14H2,(H2,25,26,27). The maximum Gasteiger partial charge on any atom is 0.153 e. The molecule has 5 rings (SSSR count). The lowest BCUT2D eigenvalue weighted by atomic mass is 10.1. The fourth-order valence-electron chi connectivity index (χ4n) is 4.39. The van der Waals surface area contributed by atoms with Crippen molar-refractivity contribution in [3.63, 3.8) is 0 Å².